The molecule has 0 spiro atoms. The van der Waals surface area contributed by atoms with Crippen molar-refractivity contribution >= 4 is 29.1 Å². The SMILES string of the molecule is CCN1CCN(C(=O)C(=O)Nc2ccc(Cl)cc2C)CC1. The molecule has 2 amide bonds. The highest BCUT2D eigenvalue weighted by molar-refractivity contribution is 6.39. The van der Waals surface area contributed by atoms with Gasteiger partial charge in [0.15, 0.2) is 0 Å². The first-order valence-electron chi connectivity index (χ1n) is 7.10. The van der Waals surface area contributed by atoms with E-state index in [2.05, 4.69) is 17.1 Å². The first-order valence-corrected chi connectivity index (χ1v) is 7.48. The van der Waals surface area contributed by atoms with E-state index in [9.17, 15) is 9.59 Å². The zero-order valence-electron chi connectivity index (χ0n) is 12.4. The van der Waals surface area contributed by atoms with E-state index in [1.54, 1.807) is 23.1 Å². The van der Waals surface area contributed by atoms with E-state index in [0.29, 0.717) is 23.8 Å². The van der Waals surface area contributed by atoms with Crippen molar-refractivity contribution in [2.45, 2.75) is 13.8 Å². The lowest BCUT2D eigenvalue weighted by Gasteiger charge is -2.33. The van der Waals surface area contributed by atoms with Crippen molar-refractivity contribution in [3.05, 3.63) is 28.8 Å². The summed E-state index contributed by atoms with van der Waals surface area (Å²) in [7, 11) is 0. The number of halogens is 1. The van der Waals surface area contributed by atoms with Crippen molar-refractivity contribution in [2.75, 3.05) is 38.0 Å². The van der Waals surface area contributed by atoms with Crippen LogP contribution in [0.2, 0.25) is 5.02 Å². The van der Waals surface area contributed by atoms with Crippen LogP contribution >= 0.6 is 11.6 Å². The lowest BCUT2D eigenvalue weighted by molar-refractivity contribution is -0.144. The molecule has 0 saturated carbocycles. The summed E-state index contributed by atoms with van der Waals surface area (Å²) in [6.07, 6.45) is 0. The topological polar surface area (TPSA) is 52.7 Å². The van der Waals surface area contributed by atoms with E-state index in [4.69, 9.17) is 11.6 Å². The molecule has 0 unspecified atom stereocenters. The Morgan fingerprint density at radius 3 is 2.48 bits per heavy atom. The van der Waals surface area contributed by atoms with Crippen molar-refractivity contribution in [1.82, 2.24) is 9.80 Å². The molecular weight excluding hydrogens is 290 g/mol. The fraction of sp³-hybridized carbons (Fsp3) is 0.467. The maximum Gasteiger partial charge on any atom is 0.313 e. The second-order valence-electron chi connectivity index (χ2n) is 5.14. The summed E-state index contributed by atoms with van der Waals surface area (Å²) in [5.74, 6) is -1.06. The molecule has 21 heavy (non-hydrogen) atoms. The molecule has 0 radical (unpaired) electrons. The van der Waals surface area contributed by atoms with Gasteiger partial charge in [0.1, 0.15) is 0 Å². The van der Waals surface area contributed by atoms with Crippen molar-refractivity contribution < 1.29 is 9.59 Å². The minimum Gasteiger partial charge on any atom is -0.332 e. The van der Waals surface area contributed by atoms with Gasteiger partial charge in [-0.15, -0.1) is 0 Å². The summed E-state index contributed by atoms with van der Waals surface area (Å²) in [6.45, 7) is 7.72. The molecule has 2 rings (SSSR count). The molecule has 0 aliphatic carbocycles. The highest BCUT2D eigenvalue weighted by Gasteiger charge is 2.25. The van der Waals surface area contributed by atoms with Crippen molar-refractivity contribution in [2.24, 2.45) is 0 Å². The Hall–Kier alpha value is -1.59. The fourth-order valence-electron chi connectivity index (χ4n) is 2.35. The average molecular weight is 310 g/mol. The molecular formula is C15H20ClN3O2. The van der Waals surface area contributed by atoms with E-state index in [0.717, 1.165) is 25.2 Å². The maximum atomic E-state index is 12.1. The maximum absolute atomic E-state index is 12.1. The van der Waals surface area contributed by atoms with Crippen molar-refractivity contribution in [3.8, 4) is 0 Å². The number of anilines is 1. The first kappa shape index (κ1) is 15.8. The molecule has 0 bridgehead atoms. The predicted octanol–water partition coefficient (Wildman–Crippen LogP) is 1.75. The van der Waals surface area contributed by atoms with Gasteiger partial charge in [-0.25, -0.2) is 0 Å². The minimum absolute atomic E-state index is 0.472. The summed E-state index contributed by atoms with van der Waals surface area (Å²) >= 11 is 5.87. The summed E-state index contributed by atoms with van der Waals surface area (Å²) < 4.78 is 0. The van der Waals surface area contributed by atoms with Gasteiger partial charge in [0.05, 0.1) is 0 Å². The summed E-state index contributed by atoms with van der Waals surface area (Å²) in [5, 5.41) is 3.26. The number of rotatable bonds is 2. The van der Waals surface area contributed by atoms with Crippen LogP contribution in [0, 0.1) is 6.92 Å². The third-order valence-corrected chi connectivity index (χ3v) is 3.97. The highest BCUT2D eigenvalue weighted by atomic mass is 35.5. The molecule has 0 aromatic heterocycles. The molecule has 1 heterocycles. The number of carbonyl (C=O) groups excluding carboxylic acids is 2. The molecule has 114 valence electrons. The molecule has 1 N–H and O–H groups in total. The third-order valence-electron chi connectivity index (χ3n) is 3.74. The summed E-state index contributed by atoms with van der Waals surface area (Å²) in [4.78, 5) is 28.1. The first-order chi connectivity index (χ1) is 10.0. The van der Waals surface area contributed by atoms with Gasteiger partial charge in [0.25, 0.3) is 0 Å². The van der Waals surface area contributed by atoms with Gasteiger partial charge < -0.3 is 15.1 Å². The van der Waals surface area contributed by atoms with E-state index >= 15 is 0 Å². The largest absolute Gasteiger partial charge is 0.332 e. The van der Waals surface area contributed by atoms with Gasteiger partial charge in [-0.3, -0.25) is 9.59 Å². The number of hydrogen-bond donors (Lipinski definition) is 1. The van der Waals surface area contributed by atoms with Crippen LogP contribution in [0.15, 0.2) is 18.2 Å². The van der Waals surface area contributed by atoms with Gasteiger partial charge >= 0.3 is 11.8 Å². The molecule has 5 nitrogen and oxygen atoms in total. The Morgan fingerprint density at radius 1 is 1.24 bits per heavy atom. The predicted molar refractivity (Wildman–Crippen MR) is 83.5 cm³/mol. The van der Waals surface area contributed by atoms with Crippen LogP contribution in [-0.2, 0) is 9.59 Å². The lowest BCUT2D eigenvalue weighted by Crippen LogP contribution is -2.51. The lowest BCUT2D eigenvalue weighted by atomic mass is 10.2. The fourth-order valence-corrected chi connectivity index (χ4v) is 2.58. The highest BCUT2D eigenvalue weighted by Crippen LogP contribution is 2.19. The molecule has 1 aliphatic rings. The van der Waals surface area contributed by atoms with Crippen LogP contribution in [0.25, 0.3) is 0 Å². The van der Waals surface area contributed by atoms with Gasteiger partial charge in [-0.2, -0.15) is 0 Å². The van der Waals surface area contributed by atoms with Crippen LogP contribution in [0.5, 0.6) is 0 Å². The Balaban J connectivity index is 1.95. The standard InChI is InChI=1S/C15H20ClN3O2/c1-3-18-6-8-19(9-7-18)15(21)14(20)17-13-5-4-12(16)10-11(13)2/h4-5,10H,3,6-9H2,1-2H3,(H,17,20). The van der Waals surface area contributed by atoms with Gasteiger partial charge in [-0.1, -0.05) is 18.5 Å². The number of piperazine rings is 1. The Morgan fingerprint density at radius 2 is 1.90 bits per heavy atom. The minimum atomic E-state index is -0.592. The van der Waals surface area contributed by atoms with E-state index in [1.807, 2.05) is 6.92 Å². The zero-order valence-corrected chi connectivity index (χ0v) is 13.1. The number of likely N-dealkylation sites (N-methyl/N-ethyl adjacent to an activating group) is 1. The number of nitrogens with one attached hydrogen (secondary N) is 1. The molecule has 1 aromatic carbocycles. The molecule has 1 aromatic rings. The molecule has 1 fully saturated rings. The molecule has 1 aliphatic heterocycles. The Kier molecular flexibility index (Phi) is 5.20. The number of hydrogen-bond acceptors (Lipinski definition) is 3. The van der Waals surface area contributed by atoms with E-state index in [1.165, 1.54) is 0 Å². The van der Waals surface area contributed by atoms with Gasteiger partial charge in [0.2, 0.25) is 0 Å². The second-order valence-corrected chi connectivity index (χ2v) is 5.58. The molecule has 6 heteroatoms. The van der Waals surface area contributed by atoms with Crippen LogP contribution in [0.4, 0.5) is 5.69 Å². The Labute approximate surface area is 129 Å². The number of aryl methyl sites for hydroxylation is 1. The normalized spacial score (nSPS) is 15.9. The smallest absolute Gasteiger partial charge is 0.313 e. The molecule has 1 saturated heterocycles. The Bertz CT molecular complexity index is 540. The van der Waals surface area contributed by atoms with E-state index < -0.39 is 11.8 Å². The quantitative estimate of drug-likeness (QED) is 0.847. The monoisotopic (exact) mass is 309 g/mol. The average Bonchev–Trinajstić information content (AvgIpc) is 2.49. The summed E-state index contributed by atoms with van der Waals surface area (Å²) in [5.41, 5.74) is 1.45. The number of carbonyl (C=O) groups is 2. The van der Waals surface area contributed by atoms with Crippen LogP contribution < -0.4 is 5.32 Å². The number of benzene rings is 1. The third kappa shape index (κ3) is 3.95. The summed E-state index contributed by atoms with van der Waals surface area (Å²) in [6, 6.07) is 5.15. The van der Waals surface area contributed by atoms with Gasteiger partial charge in [-0.05, 0) is 37.2 Å². The van der Waals surface area contributed by atoms with E-state index in [-0.39, 0.29) is 0 Å². The van der Waals surface area contributed by atoms with Gasteiger partial charge in [0, 0.05) is 36.9 Å². The van der Waals surface area contributed by atoms with Crippen LogP contribution in [-0.4, -0.2) is 54.3 Å². The zero-order chi connectivity index (χ0) is 15.4. The second kappa shape index (κ2) is 6.91. The van der Waals surface area contributed by atoms with Crippen molar-refractivity contribution in [3.63, 3.8) is 0 Å². The number of amides is 2. The van der Waals surface area contributed by atoms with Crippen LogP contribution in [0.1, 0.15) is 12.5 Å². The van der Waals surface area contributed by atoms with Crippen molar-refractivity contribution in [1.29, 1.82) is 0 Å². The molecule has 0 atom stereocenters. The number of nitrogens with zero attached hydrogens (tertiary/aromatic N) is 2. The van der Waals surface area contributed by atoms with Crippen LogP contribution in [0.3, 0.4) is 0 Å².